The summed E-state index contributed by atoms with van der Waals surface area (Å²) in [6.07, 6.45) is 19.0. The number of rotatable bonds is 26. The van der Waals surface area contributed by atoms with Gasteiger partial charge in [-0.25, -0.2) is 9.59 Å². The molecule has 0 saturated heterocycles. The van der Waals surface area contributed by atoms with Gasteiger partial charge < -0.3 is 24.1 Å². The minimum absolute atomic E-state index is 0.0346. The molecule has 0 aliphatic heterocycles. The minimum Gasteiger partial charge on any atom is -0.478 e. The highest BCUT2D eigenvalue weighted by atomic mass is 16.6. The van der Waals surface area contributed by atoms with E-state index in [0.717, 1.165) is 13.0 Å². The van der Waals surface area contributed by atoms with Crippen LogP contribution in [0.4, 0.5) is 0 Å². The second-order valence-corrected chi connectivity index (χ2v) is 9.42. The normalized spacial score (nSPS) is 11.1. The van der Waals surface area contributed by atoms with E-state index in [1.807, 2.05) is 0 Å². The van der Waals surface area contributed by atoms with E-state index < -0.39 is 11.9 Å². The number of carboxylic acid groups (broad SMARTS) is 1. The summed E-state index contributed by atoms with van der Waals surface area (Å²) in [6.45, 7) is 5.28. The molecule has 0 amide bonds. The molecule has 0 unspecified atom stereocenters. The summed E-state index contributed by atoms with van der Waals surface area (Å²) in [5.74, 6) is -1.83. The van der Waals surface area contributed by atoms with E-state index in [2.05, 4.69) is 6.92 Å². The van der Waals surface area contributed by atoms with Crippen LogP contribution in [0.25, 0.3) is 0 Å². The molecule has 0 radical (unpaired) electrons. The molecule has 1 aromatic rings. The van der Waals surface area contributed by atoms with Gasteiger partial charge in [-0.3, -0.25) is 0 Å². The molecule has 0 spiro atoms. The second kappa shape index (κ2) is 24.4. The molecule has 0 aliphatic carbocycles. The van der Waals surface area contributed by atoms with Crippen molar-refractivity contribution in [2.75, 3.05) is 46.2 Å². The van der Waals surface area contributed by atoms with Gasteiger partial charge in [0.05, 0.1) is 44.2 Å². The Bertz CT molecular complexity index is 692. The Hall–Kier alpha value is -1.96. The lowest BCUT2D eigenvalue weighted by atomic mass is 10.0. The van der Waals surface area contributed by atoms with Gasteiger partial charge in [-0.05, 0) is 18.6 Å². The maximum Gasteiger partial charge on any atom is 0.339 e. The molecule has 1 rings (SSSR count). The largest absolute Gasteiger partial charge is 0.478 e. The standard InChI is InChI=1S/C30H50O7/c1-2-3-4-5-6-7-8-9-10-11-12-13-14-17-20-34-21-22-35-23-24-36-25-26-37-30(33)28-19-16-15-18-27(28)29(31)32/h15-16,18-19H,2-14,17,20-26H2,1H3,(H,31,32). The Balaban J connectivity index is 1.77. The summed E-state index contributed by atoms with van der Waals surface area (Å²) >= 11 is 0. The van der Waals surface area contributed by atoms with E-state index in [9.17, 15) is 9.59 Å². The van der Waals surface area contributed by atoms with Crippen molar-refractivity contribution in [2.45, 2.75) is 96.8 Å². The molecule has 1 N–H and O–H groups in total. The molecule has 0 bridgehead atoms. The number of carbonyl (C=O) groups is 2. The lowest BCUT2D eigenvalue weighted by Crippen LogP contribution is -2.16. The molecule has 212 valence electrons. The highest BCUT2D eigenvalue weighted by Gasteiger charge is 2.16. The summed E-state index contributed by atoms with van der Waals surface area (Å²) < 4.78 is 21.5. The lowest BCUT2D eigenvalue weighted by Gasteiger charge is -2.08. The molecule has 7 nitrogen and oxygen atoms in total. The maximum absolute atomic E-state index is 12.0. The van der Waals surface area contributed by atoms with Gasteiger partial charge in [0.2, 0.25) is 0 Å². The number of carbonyl (C=O) groups excluding carboxylic acids is 1. The summed E-state index contributed by atoms with van der Waals surface area (Å²) in [5, 5.41) is 9.12. The van der Waals surface area contributed by atoms with Crippen molar-refractivity contribution in [3.05, 3.63) is 35.4 Å². The van der Waals surface area contributed by atoms with Crippen molar-refractivity contribution in [3.63, 3.8) is 0 Å². The summed E-state index contributed by atoms with van der Waals surface area (Å²) in [4.78, 5) is 23.2. The van der Waals surface area contributed by atoms with Gasteiger partial charge in [-0.15, -0.1) is 0 Å². The third-order valence-corrected chi connectivity index (χ3v) is 6.22. The molecule has 0 atom stereocenters. The SMILES string of the molecule is CCCCCCCCCCCCCCCCOCCOCCOCCOC(=O)c1ccccc1C(=O)O. The van der Waals surface area contributed by atoms with E-state index >= 15 is 0 Å². The highest BCUT2D eigenvalue weighted by molar-refractivity contribution is 6.02. The molecule has 0 saturated carbocycles. The van der Waals surface area contributed by atoms with Gasteiger partial charge >= 0.3 is 11.9 Å². The molecule has 7 heteroatoms. The summed E-state index contributed by atoms with van der Waals surface area (Å²) in [7, 11) is 0. The van der Waals surface area contributed by atoms with Crippen LogP contribution < -0.4 is 0 Å². The molecule has 0 aliphatic rings. The van der Waals surface area contributed by atoms with Crippen molar-refractivity contribution in [1.82, 2.24) is 0 Å². The van der Waals surface area contributed by atoms with E-state index in [1.54, 1.807) is 12.1 Å². The predicted octanol–water partition coefficient (Wildman–Crippen LogP) is 7.07. The second-order valence-electron chi connectivity index (χ2n) is 9.42. The van der Waals surface area contributed by atoms with Crippen molar-refractivity contribution < 1.29 is 33.6 Å². The van der Waals surface area contributed by atoms with Crippen LogP contribution in [0.3, 0.4) is 0 Å². The van der Waals surface area contributed by atoms with E-state index in [4.69, 9.17) is 24.1 Å². The number of aromatic carboxylic acids is 1. The predicted molar refractivity (Wildman–Crippen MR) is 146 cm³/mol. The Morgan fingerprint density at radius 1 is 0.568 bits per heavy atom. The Kier molecular flexibility index (Phi) is 21.8. The van der Waals surface area contributed by atoms with Crippen molar-refractivity contribution >= 4 is 11.9 Å². The van der Waals surface area contributed by atoms with Crippen LogP contribution in [0, 0.1) is 0 Å². The third kappa shape index (κ3) is 18.9. The number of carboxylic acids is 1. The Labute approximate surface area is 224 Å². The van der Waals surface area contributed by atoms with Crippen molar-refractivity contribution in [1.29, 1.82) is 0 Å². The molecular formula is C30H50O7. The zero-order valence-electron chi connectivity index (χ0n) is 23.1. The molecule has 1 aromatic carbocycles. The van der Waals surface area contributed by atoms with Gasteiger partial charge in [0, 0.05) is 6.61 Å². The number of unbranched alkanes of at least 4 members (excludes halogenated alkanes) is 13. The number of benzene rings is 1. The van der Waals surface area contributed by atoms with Crippen LogP contribution in [0.1, 0.15) is 118 Å². The monoisotopic (exact) mass is 522 g/mol. The van der Waals surface area contributed by atoms with E-state index in [1.165, 1.54) is 95.6 Å². The van der Waals surface area contributed by atoms with Crippen LogP contribution in [-0.2, 0) is 18.9 Å². The van der Waals surface area contributed by atoms with Crippen LogP contribution in [0.5, 0.6) is 0 Å². The van der Waals surface area contributed by atoms with Crippen LogP contribution >= 0.6 is 0 Å². The minimum atomic E-state index is -1.16. The molecule has 0 fully saturated rings. The average Bonchev–Trinajstić information content (AvgIpc) is 2.91. The average molecular weight is 523 g/mol. The number of hydrogen-bond donors (Lipinski definition) is 1. The quantitative estimate of drug-likeness (QED) is 0.103. The summed E-state index contributed by atoms with van der Waals surface area (Å²) in [5.41, 5.74) is -0.0409. The molecule has 37 heavy (non-hydrogen) atoms. The van der Waals surface area contributed by atoms with E-state index in [0.29, 0.717) is 26.4 Å². The highest BCUT2D eigenvalue weighted by Crippen LogP contribution is 2.13. The Morgan fingerprint density at radius 2 is 0.973 bits per heavy atom. The zero-order chi connectivity index (χ0) is 26.8. The summed E-state index contributed by atoms with van der Waals surface area (Å²) in [6, 6.07) is 5.97. The molecule has 0 aromatic heterocycles. The van der Waals surface area contributed by atoms with Crippen LogP contribution in [0.15, 0.2) is 24.3 Å². The number of hydrogen-bond acceptors (Lipinski definition) is 6. The number of esters is 1. The van der Waals surface area contributed by atoms with E-state index in [-0.39, 0.29) is 24.3 Å². The van der Waals surface area contributed by atoms with Gasteiger partial charge in [0.15, 0.2) is 0 Å². The molecule has 0 heterocycles. The van der Waals surface area contributed by atoms with Gasteiger partial charge in [0.25, 0.3) is 0 Å². The fraction of sp³-hybridized carbons (Fsp3) is 0.733. The first kappa shape index (κ1) is 33.1. The first-order chi connectivity index (χ1) is 18.2. The fourth-order valence-electron chi connectivity index (χ4n) is 4.06. The fourth-order valence-corrected chi connectivity index (χ4v) is 4.06. The van der Waals surface area contributed by atoms with Crippen molar-refractivity contribution in [3.8, 4) is 0 Å². The zero-order valence-corrected chi connectivity index (χ0v) is 23.1. The maximum atomic E-state index is 12.0. The first-order valence-corrected chi connectivity index (χ1v) is 14.4. The lowest BCUT2D eigenvalue weighted by molar-refractivity contribution is 0.000120. The molecular weight excluding hydrogens is 472 g/mol. The third-order valence-electron chi connectivity index (χ3n) is 6.22. The van der Waals surface area contributed by atoms with Gasteiger partial charge in [-0.1, -0.05) is 103 Å². The number of ether oxygens (including phenoxy) is 4. The van der Waals surface area contributed by atoms with Crippen LogP contribution in [0.2, 0.25) is 0 Å². The smallest absolute Gasteiger partial charge is 0.339 e. The van der Waals surface area contributed by atoms with Gasteiger partial charge in [0.1, 0.15) is 6.61 Å². The first-order valence-electron chi connectivity index (χ1n) is 14.4. The van der Waals surface area contributed by atoms with Crippen LogP contribution in [-0.4, -0.2) is 63.3 Å². The Morgan fingerprint density at radius 3 is 1.46 bits per heavy atom. The van der Waals surface area contributed by atoms with Gasteiger partial charge in [-0.2, -0.15) is 0 Å². The topological polar surface area (TPSA) is 91.3 Å². The van der Waals surface area contributed by atoms with Crippen molar-refractivity contribution in [2.24, 2.45) is 0 Å².